The Hall–Kier alpha value is -2.94. The van der Waals surface area contributed by atoms with E-state index in [0.29, 0.717) is 6.79 Å². The minimum Gasteiger partial charge on any atom is -0.497 e. The summed E-state index contributed by atoms with van der Waals surface area (Å²) in [6.07, 6.45) is 4.12. The summed E-state index contributed by atoms with van der Waals surface area (Å²) >= 11 is 0. The summed E-state index contributed by atoms with van der Waals surface area (Å²) in [4.78, 5) is 0. The lowest BCUT2D eigenvalue weighted by Crippen LogP contribution is -1.94. The molecule has 3 nitrogen and oxygen atoms in total. The maximum atomic E-state index is 5.45. The Labute approximate surface area is 160 Å². The molecule has 138 valence electrons. The molecule has 0 unspecified atom stereocenters. The van der Waals surface area contributed by atoms with Crippen LogP contribution in [0.3, 0.4) is 0 Å². The van der Waals surface area contributed by atoms with E-state index in [1.807, 2.05) is 18.2 Å². The van der Waals surface area contributed by atoms with Crippen LogP contribution in [-0.2, 0) is 25.7 Å². The minimum absolute atomic E-state index is 0.330. The number of ether oxygens (including phenoxy) is 3. The molecule has 3 aromatic rings. The second kappa shape index (κ2) is 8.17. The van der Waals surface area contributed by atoms with E-state index in [-0.39, 0.29) is 0 Å². The van der Waals surface area contributed by atoms with E-state index in [0.717, 1.165) is 42.9 Å². The quantitative estimate of drug-likeness (QED) is 0.594. The fourth-order valence-corrected chi connectivity index (χ4v) is 3.34. The highest BCUT2D eigenvalue weighted by Gasteiger charge is 2.12. The van der Waals surface area contributed by atoms with Crippen LogP contribution < -0.4 is 14.2 Å². The van der Waals surface area contributed by atoms with Crippen LogP contribution in [0.1, 0.15) is 22.3 Å². The molecule has 0 saturated carbocycles. The third kappa shape index (κ3) is 4.43. The summed E-state index contributed by atoms with van der Waals surface area (Å²) in [5.74, 6) is 2.62. The summed E-state index contributed by atoms with van der Waals surface area (Å²) in [5.41, 5.74) is 5.35. The molecule has 3 heteroatoms. The first-order valence-electron chi connectivity index (χ1n) is 9.39. The number of rotatable bonds is 7. The Morgan fingerprint density at radius 1 is 0.630 bits per heavy atom. The topological polar surface area (TPSA) is 27.7 Å². The van der Waals surface area contributed by atoms with Crippen molar-refractivity contribution in [2.24, 2.45) is 0 Å². The van der Waals surface area contributed by atoms with Crippen LogP contribution in [0.2, 0.25) is 0 Å². The summed E-state index contributed by atoms with van der Waals surface area (Å²) < 4.78 is 16.0. The van der Waals surface area contributed by atoms with Crippen LogP contribution in [0, 0.1) is 0 Å². The van der Waals surface area contributed by atoms with Gasteiger partial charge < -0.3 is 14.2 Å². The Bertz CT molecular complexity index is 883. The van der Waals surface area contributed by atoms with Crippen molar-refractivity contribution >= 4 is 0 Å². The van der Waals surface area contributed by atoms with Gasteiger partial charge in [-0.3, -0.25) is 0 Å². The lowest BCUT2D eigenvalue weighted by molar-refractivity contribution is 0.174. The van der Waals surface area contributed by atoms with Gasteiger partial charge in [-0.05, 0) is 72.2 Å². The van der Waals surface area contributed by atoms with Crippen LogP contribution in [0.5, 0.6) is 17.2 Å². The lowest BCUT2D eigenvalue weighted by atomic mass is 10.00. The molecular weight excluding hydrogens is 336 g/mol. The zero-order valence-corrected chi connectivity index (χ0v) is 15.6. The zero-order valence-electron chi connectivity index (χ0n) is 15.6. The molecule has 0 saturated heterocycles. The van der Waals surface area contributed by atoms with Gasteiger partial charge >= 0.3 is 0 Å². The van der Waals surface area contributed by atoms with Gasteiger partial charge in [-0.1, -0.05) is 42.5 Å². The monoisotopic (exact) mass is 360 g/mol. The molecule has 0 aromatic heterocycles. The van der Waals surface area contributed by atoms with Crippen molar-refractivity contribution in [3.05, 3.63) is 89.0 Å². The van der Waals surface area contributed by atoms with Gasteiger partial charge in [0.25, 0.3) is 0 Å². The molecule has 0 spiro atoms. The molecule has 1 aliphatic rings. The highest BCUT2D eigenvalue weighted by atomic mass is 16.7. The first-order valence-corrected chi connectivity index (χ1v) is 9.39. The molecule has 0 radical (unpaired) electrons. The third-order valence-electron chi connectivity index (χ3n) is 5.02. The molecule has 3 aromatic carbocycles. The van der Waals surface area contributed by atoms with E-state index in [9.17, 15) is 0 Å². The second-order valence-electron chi connectivity index (χ2n) is 6.85. The normalized spacial score (nSPS) is 12.2. The van der Waals surface area contributed by atoms with Gasteiger partial charge in [0.05, 0.1) is 7.11 Å². The van der Waals surface area contributed by atoms with Crippen LogP contribution in [-0.4, -0.2) is 13.9 Å². The van der Waals surface area contributed by atoms with Crippen LogP contribution in [0.4, 0.5) is 0 Å². The summed E-state index contributed by atoms with van der Waals surface area (Å²) in [6.45, 7) is 0.330. The number of hydrogen-bond acceptors (Lipinski definition) is 3. The van der Waals surface area contributed by atoms with E-state index < -0.39 is 0 Å². The summed E-state index contributed by atoms with van der Waals surface area (Å²) in [6, 6.07) is 23.5. The fourth-order valence-electron chi connectivity index (χ4n) is 3.34. The van der Waals surface area contributed by atoms with Gasteiger partial charge in [0, 0.05) is 0 Å². The van der Waals surface area contributed by atoms with Crippen molar-refractivity contribution in [3.8, 4) is 17.2 Å². The number of hydrogen-bond donors (Lipinski definition) is 0. The molecule has 27 heavy (non-hydrogen) atoms. The molecule has 0 amide bonds. The predicted octanol–water partition coefficient (Wildman–Crippen LogP) is 4.99. The van der Waals surface area contributed by atoms with E-state index in [2.05, 4.69) is 48.5 Å². The predicted molar refractivity (Wildman–Crippen MR) is 107 cm³/mol. The molecule has 1 aliphatic heterocycles. The van der Waals surface area contributed by atoms with Crippen molar-refractivity contribution in [1.29, 1.82) is 0 Å². The first kappa shape index (κ1) is 17.5. The minimum atomic E-state index is 0.330. The zero-order chi connectivity index (χ0) is 18.5. The van der Waals surface area contributed by atoms with Crippen LogP contribution in [0.15, 0.2) is 66.7 Å². The number of methoxy groups -OCH3 is 1. The van der Waals surface area contributed by atoms with Gasteiger partial charge in [-0.2, -0.15) is 0 Å². The lowest BCUT2D eigenvalue weighted by Gasteiger charge is -2.07. The van der Waals surface area contributed by atoms with Gasteiger partial charge in [0.15, 0.2) is 11.5 Å². The van der Waals surface area contributed by atoms with Gasteiger partial charge in [-0.15, -0.1) is 0 Å². The Balaban J connectivity index is 1.29. The fraction of sp³-hybridized carbons (Fsp3) is 0.250. The molecule has 0 N–H and O–H groups in total. The summed E-state index contributed by atoms with van der Waals surface area (Å²) in [5, 5.41) is 0. The van der Waals surface area contributed by atoms with E-state index in [1.54, 1.807) is 7.11 Å². The largest absolute Gasteiger partial charge is 0.497 e. The smallest absolute Gasteiger partial charge is 0.231 e. The average Bonchev–Trinajstić information content (AvgIpc) is 3.20. The van der Waals surface area contributed by atoms with Gasteiger partial charge in [0.1, 0.15) is 5.75 Å². The summed E-state index contributed by atoms with van der Waals surface area (Å²) in [7, 11) is 1.70. The third-order valence-corrected chi connectivity index (χ3v) is 5.02. The molecular formula is C24H24O3. The average molecular weight is 360 g/mol. The van der Waals surface area contributed by atoms with Crippen molar-refractivity contribution in [3.63, 3.8) is 0 Å². The van der Waals surface area contributed by atoms with Crippen molar-refractivity contribution in [1.82, 2.24) is 0 Å². The van der Waals surface area contributed by atoms with Crippen molar-refractivity contribution in [2.75, 3.05) is 13.9 Å². The second-order valence-corrected chi connectivity index (χ2v) is 6.85. The molecule has 0 atom stereocenters. The SMILES string of the molecule is COc1ccc(CCc2ccc(CCc3ccc4c(c3)OCO4)cc2)cc1. The standard InChI is InChI=1S/C24H24O3/c1-25-22-13-10-20(11-14-22)7-6-18-2-4-19(5-3-18)8-9-21-12-15-23-24(16-21)27-17-26-23/h2-5,10-16H,6-9,17H2,1H3. The molecule has 0 bridgehead atoms. The molecule has 0 fully saturated rings. The number of fused-ring (bicyclic) bond motifs is 1. The maximum absolute atomic E-state index is 5.45. The first-order chi connectivity index (χ1) is 13.3. The van der Waals surface area contributed by atoms with E-state index in [1.165, 1.54) is 22.3 Å². The highest BCUT2D eigenvalue weighted by Crippen LogP contribution is 2.32. The molecule has 0 aliphatic carbocycles. The van der Waals surface area contributed by atoms with Gasteiger partial charge in [0.2, 0.25) is 6.79 Å². The van der Waals surface area contributed by atoms with Gasteiger partial charge in [-0.25, -0.2) is 0 Å². The maximum Gasteiger partial charge on any atom is 0.231 e. The Kier molecular flexibility index (Phi) is 5.29. The Morgan fingerprint density at radius 2 is 1.11 bits per heavy atom. The number of benzene rings is 3. The number of aryl methyl sites for hydroxylation is 4. The van der Waals surface area contributed by atoms with E-state index in [4.69, 9.17) is 14.2 Å². The molecule has 1 heterocycles. The van der Waals surface area contributed by atoms with Crippen molar-refractivity contribution in [2.45, 2.75) is 25.7 Å². The van der Waals surface area contributed by atoms with Crippen molar-refractivity contribution < 1.29 is 14.2 Å². The Morgan fingerprint density at radius 3 is 1.70 bits per heavy atom. The van der Waals surface area contributed by atoms with E-state index >= 15 is 0 Å². The van der Waals surface area contributed by atoms with Crippen LogP contribution in [0.25, 0.3) is 0 Å². The molecule has 4 rings (SSSR count). The highest BCUT2D eigenvalue weighted by molar-refractivity contribution is 5.44. The van der Waals surface area contributed by atoms with Crippen LogP contribution >= 0.6 is 0 Å².